The van der Waals surface area contributed by atoms with E-state index in [0.29, 0.717) is 6.54 Å². The lowest BCUT2D eigenvalue weighted by Crippen LogP contribution is -2.52. The van der Waals surface area contributed by atoms with Crippen molar-refractivity contribution in [3.8, 4) is 0 Å². The third-order valence-corrected chi connectivity index (χ3v) is 3.62. The number of hydrogen-bond donors (Lipinski definition) is 2. The summed E-state index contributed by atoms with van der Waals surface area (Å²) in [7, 11) is 1.62. The lowest BCUT2D eigenvalue weighted by Gasteiger charge is -2.29. The number of nitrogens with one attached hydrogen (secondary N) is 1. The maximum Gasteiger partial charge on any atom is 0.326 e. The van der Waals surface area contributed by atoms with Gasteiger partial charge in [0.2, 0.25) is 0 Å². The molecule has 0 spiro atoms. The van der Waals surface area contributed by atoms with E-state index < -0.39 is 23.5 Å². The van der Waals surface area contributed by atoms with Gasteiger partial charge in [-0.3, -0.25) is 0 Å². The molecule has 20 heavy (non-hydrogen) atoms. The van der Waals surface area contributed by atoms with Crippen molar-refractivity contribution in [1.82, 2.24) is 15.2 Å². The minimum Gasteiger partial charge on any atom is -0.480 e. The molecule has 1 heterocycles. The van der Waals surface area contributed by atoms with Gasteiger partial charge in [0.1, 0.15) is 6.04 Å². The smallest absolute Gasteiger partial charge is 0.326 e. The van der Waals surface area contributed by atoms with Crippen molar-refractivity contribution < 1.29 is 14.7 Å². The van der Waals surface area contributed by atoms with Gasteiger partial charge in [-0.25, -0.2) is 14.6 Å². The van der Waals surface area contributed by atoms with E-state index in [1.807, 2.05) is 12.3 Å². The number of aliphatic carboxylic acids is 1. The van der Waals surface area contributed by atoms with Gasteiger partial charge in [0.15, 0.2) is 0 Å². The van der Waals surface area contributed by atoms with Crippen molar-refractivity contribution >= 4 is 23.3 Å². The van der Waals surface area contributed by atoms with E-state index in [0.717, 1.165) is 10.7 Å². The summed E-state index contributed by atoms with van der Waals surface area (Å²) in [6.45, 7) is 7.57. The molecule has 7 heteroatoms. The summed E-state index contributed by atoms with van der Waals surface area (Å²) in [5.41, 5.74) is 0.243. The van der Waals surface area contributed by atoms with Gasteiger partial charge in [-0.15, -0.1) is 11.3 Å². The van der Waals surface area contributed by atoms with Crippen LogP contribution < -0.4 is 5.32 Å². The summed E-state index contributed by atoms with van der Waals surface area (Å²) >= 11 is 1.52. The molecule has 2 N–H and O–H groups in total. The molecule has 0 bridgehead atoms. The fourth-order valence-corrected chi connectivity index (χ4v) is 2.28. The van der Waals surface area contributed by atoms with Crippen LogP contribution in [0.25, 0.3) is 0 Å². The number of carbonyl (C=O) groups is 2. The maximum absolute atomic E-state index is 12.0. The monoisotopic (exact) mass is 299 g/mol. The van der Waals surface area contributed by atoms with Gasteiger partial charge in [-0.2, -0.15) is 0 Å². The summed E-state index contributed by atoms with van der Waals surface area (Å²) in [4.78, 5) is 29.0. The minimum atomic E-state index is -1.04. The zero-order valence-electron chi connectivity index (χ0n) is 12.4. The third kappa shape index (κ3) is 4.48. The van der Waals surface area contributed by atoms with Gasteiger partial charge in [-0.1, -0.05) is 20.8 Å². The molecule has 1 rings (SSSR count). The Morgan fingerprint density at radius 3 is 2.50 bits per heavy atom. The molecule has 0 saturated carbocycles. The third-order valence-electron chi connectivity index (χ3n) is 2.79. The molecule has 0 aliphatic carbocycles. The van der Waals surface area contributed by atoms with Crippen LogP contribution in [-0.4, -0.2) is 40.1 Å². The number of thiazole rings is 1. The summed E-state index contributed by atoms with van der Waals surface area (Å²) in [5.74, 6) is -1.04. The van der Waals surface area contributed by atoms with Crippen LogP contribution in [0.4, 0.5) is 4.79 Å². The van der Waals surface area contributed by atoms with Gasteiger partial charge in [-0.05, 0) is 12.3 Å². The quantitative estimate of drug-likeness (QED) is 0.892. The van der Waals surface area contributed by atoms with Crippen LogP contribution in [0.5, 0.6) is 0 Å². The van der Waals surface area contributed by atoms with Crippen LogP contribution in [0.1, 0.15) is 31.5 Å². The highest BCUT2D eigenvalue weighted by atomic mass is 32.1. The van der Waals surface area contributed by atoms with Crippen molar-refractivity contribution in [2.45, 2.75) is 40.3 Å². The fourth-order valence-electron chi connectivity index (χ4n) is 1.68. The van der Waals surface area contributed by atoms with E-state index in [-0.39, 0.29) is 0 Å². The topological polar surface area (TPSA) is 82.5 Å². The Morgan fingerprint density at radius 1 is 1.50 bits per heavy atom. The molecule has 1 aromatic heterocycles. The number of aryl methyl sites for hydroxylation is 1. The predicted octanol–water partition coefficient (Wildman–Crippen LogP) is 2.09. The second-order valence-corrected chi connectivity index (χ2v) is 6.86. The van der Waals surface area contributed by atoms with Crippen molar-refractivity contribution in [2.75, 3.05) is 7.05 Å². The number of carboxylic acids is 1. The highest BCUT2D eigenvalue weighted by Crippen LogP contribution is 2.19. The molecule has 6 nitrogen and oxygen atoms in total. The number of rotatable bonds is 4. The molecule has 0 aromatic carbocycles. The standard InChI is InChI=1S/C13H21N3O3S/c1-8-14-9(7-20-8)6-16(5)12(19)15-10(11(17)18)13(2,3)4/h7,10H,6H2,1-5H3,(H,15,19)(H,17,18). The number of urea groups is 1. The van der Waals surface area contributed by atoms with Gasteiger partial charge in [0, 0.05) is 12.4 Å². The summed E-state index contributed by atoms with van der Waals surface area (Å²) in [6.07, 6.45) is 0. The highest BCUT2D eigenvalue weighted by Gasteiger charge is 2.33. The summed E-state index contributed by atoms with van der Waals surface area (Å²) < 4.78 is 0. The van der Waals surface area contributed by atoms with Crippen LogP contribution in [0.3, 0.4) is 0 Å². The predicted molar refractivity (Wildman–Crippen MR) is 77.7 cm³/mol. The first-order valence-corrected chi connectivity index (χ1v) is 7.14. The molecular formula is C13H21N3O3S. The molecule has 0 aliphatic rings. The molecule has 0 saturated heterocycles. The molecule has 0 aliphatic heterocycles. The lowest BCUT2D eigenvalue weighted by molar-refractivity contribution is -0.142. The van der Waals surface area contributed by atoms with E-state index in [1.54, 1.807) is 27.8 Å². The Morgan fingerprint density at radius 2 is 2.10 bits per heavy atom. The second-order valence-electron chi connectivity index (χ2n) is 5.80. The first-order chi connectivity index (χ1) is 9.11. The van der Waals surface area contributed by atoms with Crippen LogP contribution in [0.2, 0.25) is 0 Å². The average Bonchev–Trinajstić information content (AvgIpc) is 2.69. The number of carbonyl (C=O) groups excluding carboxylic acids is 1. The molecular weight excluding hydrogens is 278 g/mol. The van der Waals surface area contributed by atoms with E-state index in [2.05, 4.69) is 10.3 Å². The van der Waals surface area contributed by atoms with E-state index >= 15 is 0 Å². The molecule has 1 aromatic rings. The largest absolute Gasteiger partial charge is 0.480 e. The SMILES string of the molecule is Cc1nc(CN(C)C(=O)NC(C(=O)O)C(C)(C)C)cs1. The Kier molecular flexibility index (Phi) is 5.10. The van der Waals surface area contributed by atoms with Crippen LogP contribution >= 0.6 is 11.3 Å². The maximum atomic E-state index is 12.0. The van der Waals surface area contributed by atoms with Crippen molar-refractivity contribution in [1.29, 1.82) is 0 Å². The van der Waals surface area contributed by atoms with Crippen molar-refractivity contribution in [2.24, 2.45) is 5.41 Å². The molecule has 112 valence electrons. The minimum absolute atomic E-state index is 0.354. The van der Waals surface area contributed by atoms with Crippen molar-refractivity contribution in [3.05, 3.63) is 16.1 Å². The van der Waals surface area contributed by atoms with E-state index in [9.17, 15) is 14.7 Å². The first-order valence-electron chi connectivity index (χ1n) is 6.26. The fraction of sp³-hybridized carbons (Fsp3) is 0.615. The molecule has 0 fully saturated rings. The normalized spacial score (nSPS) is 12.8. The molecule has 0 radical (unpaired) electrons. The van der Waals surface area contributed by atoms with Gasteiger partial charge >= 0.3 is 12.0 Å². The molecule has 1 unspecified atom stereocenters. The molecule has 1 atom stereocenters. The highest BCUT2D eigenvalue weighted by molar-refractivity contribution is 7.09. The number of amides is 2. The first kappa shape index (κ1) is 16.4. The van der Waals surface area contributed by atoms with Crippen molar-refractivity contribution in [3.63, 3.8) is 0 Å². The Balaban J connectivity index is 2.67. The number of nitrogens with zero attached hydrogens (tertiary/aromatic N) is 2. The second kappa shape index (κ2) is 6.21. The van der Waals surface area contributed by atoms with Gasteiger partial charge in [0.25, 0.3) is 0 Å². The Hall–Kier alpha value is -1.63. The summed E-state index contributed by atoms with van der Waals surface area (Å²) in [5, 5.41) is 14.6. The Labute approximate surface area is 122 Å². The van der Waals surface area contributed by atoms with Crippen LogP contribution in [-0.2, 0) is 11.3 Å². The van der Waals surface area contributed by atoms with Gasteiger partial charge < -0.3 is 15.3 Å². The zero-order chi connectivity index (χ0) is 15.5. The summed E-state index contributed by atoms with van der Waals surface area (Å²) in [6, 6.07) is -1.35. The van der Waals surface area contributed by atoms with Crippen LogP contribution in [0, 0.1) is 12.3 Å². The number of aromatic nitrogens is 1. The Bertz CT molecular complexity index is 493. The lowest BCUT2D eigenvalue weighted by atomic mass is 9.87. The van der Waals surface area contributed by atoms with E-state index in [1.165, 1.54) is 16.2 Å². The number of hydrogen-bond acceptors (Lipinski definition) is 4. The number of carboxylic acid groups (broad SMARTS) is 1. The average molecular weight is 299 g/mol. The van der Waals surface area contributed by atoms with Crippen LogP contribution in [0.15, 0.2) is 5.38 Å². The van der Waals surface area contributed by atoms with Gasteiger partial charge in [0.05, 0.1) is 17.2 Å². The molecule has 2 amide bonds. The zero-order valence-corrected chi connectivity index (χ0v) is 13.2. The van der Waals surface area contributed by atoms with E-state index in [4.69, 9.17) is 0 Å².